The molecule has 0 amide bonds. The van der Waals surface area contributed by atoms with Gasteiger partial charge in [0.2, 0.25) is 0 Å². The summed E-state index contributed by atoms with van der Waals surface area (Å²) in [5, 5.41) is 0. The lowest BCUT2D eigenvalue weighted by Crippen LogP contribution is -2.43. The predicted octanol–water partition coefficient (Wildman–Crippen LogP) is 3.30. The van der Waals surface area contributed by atoms with E-state index in [2.05, 4.69) is 39.6 Å². The highest BCUT2D eigenvalue weighted by Crippen LogP contribution is 2.21. The average molecular weight is 171 g/mol. The van der Waals surface area contributed by atoms with E-state index >= 15 is 0 Å². The number of hydrogen-bond donors (Lipinski definition) is 0. The number of nitrogens with zero attached hydrogens (tertiary/aromatic N) is 1. The highest BCUT2D eigenvalue weighted by Gasteiger charge is 2.23. The van der Waals surface area contributed by atoms with Gasteiger partial charge in [0, 0.05) is 5.54 Å². The quantitative estimate of drug-likeness (QED) is 0.592. The lowest BCUT2D eigenvalue weighted by atomic mass is 9.93. The Morgan fingerprint density at radius 1 is 1.08 bits per heavy atom. The largest absolute Gasteiger partial charge is 0.301 e. The van der Waals surface area contributed by atoms with Gasteiger partial charge in [-0.05, 0) is 39.8 Å². The first-order chi connectivity index (χ1) is 5.60. The van der Waals surface area contributed by atoms with Gasteiger partial charge in [0.05, 0.1) is 0 Å². The van der Waals surface area contributed by atoms with Crippen molar-refractivity contribution >= 4 is 0 Å². The first-order valence-electron chi connectivity index (χ1n) is 5.32. The molecule has 0 aliphatic carbocycles. The minimum absolute atomic E-state index is 0.426. The molecule has 0 saturated heterocycles. The second-order valence-corrected chi connectivity index (χ2v) is 3.98. The van der Waals surface area contributed by atoms with Crippen molar-refractivity contribution in [3.63, 3.8) is 0 Å². The SMILES string of the molecule is CCCCN(C)C(C)(CC)CC. The minimum Gasteiger partial charge on any atom is -0.301 e. The molecule has 1 nitrogen and oxygen atoms in total. The molecule has 0 radical (unpaired) electrons. The molecular weight excluding hydrogens is 146 g/mol. The fourth-order valence-corrected chi connectivity index (χ4v) is 1.46. The van der Waals surface area contributed by atoms with Crippen LogP contribution in [0.1, 0.15) is 53.4 Å². The zero-order valence-electron chi connectivity index (χ0n) is 9.48. The molecule has 0 aromatic heterocycles. The van der Waals surface area contributed by atoms with Crippen LogP contribution < -0.4 is 0 Å². The van der Waals surface area contributed by atoms with Crippen molar-refractivity contribution in [3.05, 3.63) is 0 Å². The van der Waals surface area contributed by atoms with Crippen LogP contribution in [0.2, 0.25) is 0 Å². The summed E-state index contributed by atoms with van der Waals surface area (Å²) in [7, 11) is 2.25. The zero-order valence-corrected chi connectivity index (χ0v) is 9.48. The normalized spacial score (nSPS) is 12.5. The first-order valence-corrected chi connectivity index (χ1v) is 5.32. The average Bonchev–Trinajstić information content (AvgIpc) is 2.12. The highest BCUT2D eigenvalue weighted by molar-refractivity contribution is 4.80. The maximum atomic E-state index is 2.51. The van der Waals surface area contributed by atoms with Crippen molar-refractivity contribution in [3.8, 4) is 0 Å². The molecule has 0 aromatic carbocycles. The molecule has 0 spiro atoms. The molecule has 0 fully saturated rings. The fraction of sp³-hybridized carbons (Fsp3) is 1.00. The Morgan fingerprint density at radius 2 is 1.58 bits per heavy atom. The van der Waals surface area contributed by atoms with E-state index in [0.29, 0.717) is 5.54 Å². The van der Waals surface area contributed by atoms with Crippen molar-refractivity contribution in [2.75, 3.05) is 13.6 Å². The van der Waals surface area contributed by atoms with Gasteiger partial charge in [0.25, 0.3) is 0 Å². The van der Waals surface area contributed by atoms with Gasteiger partial charge in [0.1, 0.15) is 0 Å². The van der Waals surface area contributed by atoms with Gasteiger partial charge in [-0.1, -0.05) is 27.2 Å². The van der Waals surface area contributed by atoms with Gasteiger partial charge in [-0.15, -0.1) is 0 Å². The predicted molar refractivity (Wildman–Crippen MR) is 56.5 cm³/mol. The van der Waals surface area contributed by atoms with Crippen LogP contribution in [0.15, 0.2) is 0 Å². The van der Waals surface area contributed by atoms with E-state index in [9.17, 15) is 0 Å². The maximum absolute atomic E-state index is 2.51. The lowest BCUT2D eigenvalue weighted by Gasteiger charge is -2.37. The van der Waals surface area contributed by atoms with Gasteiger partial charge >= 0.3 is 0 Å². The van der Waals surface area contributed by atoms with E-state index in [4.69, 9.17) is 0 Å². The molecule has 0 bridgehead atoms. The third-order valence-corrected chi connectivity index (χ3v) is 3.29. The van der Waals surface area contributed by atoms with E-state index in [1.54, 1.807) is 0 Å². The summed E-state index contributed by atoms with van der Waals surface area (Å²) in [6.07, 6.45) is 5.13. The van der Waals surface area contributed by atoms with Gasteiger partial charge in [0.15, 0.2) is 0 Å². The Balaban J connectivity index is 3.93. The standard InChI is InChI=1S/C11H25N/c1-6-9-10-12(5)11(4,7-2)8-3/h6-10H2,1-5H3. The number of unbranched alkanes of at least 4 members (excludes halogenated alkanes) is 1. The molecule has 0 aliphatic heterocycles. The molecule has 0 unspecified atom stereocenters. The van der Waals surface area contributed by atoms with E-state index in [1.165, 1.54) is 32.2 Å². The van der Waals surface area contributed by atoms with Crippen molar-refractivity contribution in [1.82, 2.24) is 4.90 Å². The summed E-state index contributed by atoms with van der Waals surface area (Å²) in [5.74, 6) is 0. The van der Waals surface area contributed by atoms with Crippen LogP contribution in [0.5, 0.6) is 0 Å². The summed E-state index contributed by atoms with van der Waals surface area (Å²) in [4.78, 5) is 2.51. The molecule has 74 valence electrons. The van der Waals surface area contributed by atoms with Gasteiger partial charge in [-0.3, -0.25) is 0 Å². The zero-order chi connectivity index (χ0) is 9.61. The second kappa shape index (κ2) is 5.58. The summed E-state index contributed by atoms with van der Waals surface area (Å²) < 4.78 is 0. The van der Waals surface area contributed by atoms with E-state index < -0.39 is 0 Å². The smallest absolute Gasteiger partial charge is 0.0173 e. The molecule has 1 heteroatoms. The summed E-state index contributed by atoms with van der Waals surface area (Å²) in [6.45, 7) is 10.4. The minimum atomic E-state index is 0.426. The molecule has 0 rings (SSSR count). The molecule has 0 atom stereocenters. The molecular formula is C11H25N. The van der Waals surface area contributed by atoms with Gasteiger partial charge in [-0.2, -0.15) is 0 Å². The monoisotopic (exact) mass is 171 g/mol. The van der Waals surface area contributed by atoms with Crippen molar-refractivity contribution in [2.45, 2.75) is 58.9 Å². The summed E-state index contributed by atoms with van der Waals surface area (Å²) in [5.41, 5.74) is 0.426. The third kappa shape index (κ3) is 3.14. The van der Waals surface area contributed by atoms with Gasteiger partial charge in [-0.25, -0.2) is 0 Å². The molecule has 12 heavy (non-hydrogen) atoms. The Kier molecular flexibility index (Phi) is 5.56. The second-order valence-electron chi connectivity index (χ2n) is 3.98. The molecule has 0 aliphatic rings. The molecule has 0 heterocycles. The summed E-state index contributed by atoms with van der Waals surface area (Å²) >= 11 is 0. The molecule has 0 saturated carbocycles. The van der Waals surface area contributed by atoms with Crippen LogP contribution in [-0.2, 0) is 0 Å². The van der Waals surface area contributed by atoms with E-state index in [0.717, 1.165) is 0 Å². The van der Waals surface area contributed by atoms with Crippen LogP contribution in [0, 0.1) is 0 Å². The van der Waals surface area contributed by atoms with Crippen LogP contribution in [0.25, 0.3) is 0 Å². The number of rotatable bonds is 6. The van der Waals surface area contributed by atoms with Gasteiger partial charge < -0.3 is 4.90 Å². The Bertz CT molecular complexity index is 106. The summed E-state index contributed by atoms with van der Waals surface area (Å²) in [6, 6.07) is 0. The Hall–Kier alpha value is -0.0400. The van der Waals surface area contributed by atoms with Crippen LogP contribution in [0.3, 0.4) is 0 Å². The van der Waals surface area contributed by atoms with E-state index in [-0.39, 0.29) is 0 Å². The molecule has 0 N–H and O–H groups in total. The lowest BCUT2D eigenvalue weighted by molar-refractivity contribution is 0.125. The van der Waals surface area contributed by atoms with Crippen molar-refractivity contribution in [2.24, 2.45) is 0 Å². The Morgan fingerprint density at radius 3 is 1.92 bits per heavy atom. The Labute approximate surface area is 78.1 Å². The van der Waals surface area contributed by atoms with Crippen LogP contribution in [0.4, 0.5) is 0 Å². The maximum Gasteiger partial charge on any atom is 0.0173 e. The molecule has 0 aromatic rings. The van der Waals surface area contributed by atoms with Crippen LogP contribution in [-0.4, -0.2) is 24.0 Å². The fourth-order valence-electron chi connectivity index (χ4n) is 1.46. The van der Waals surface area contributed by atoms with Crippen LogP contribution >= 0.6 is 0 Å². The number of hydrogen-bond acceptors (Lipinski definition) is 1. The first kappa shape index (κ1) is 12.0. The highest BCUT2D eigenvalue weighted by atomic mass is 15.2. The third-order valence-electron chi connectivity index (χ3n) is 3.29. The van der Waals surface area contributed by atoms with E-state index in [1.807, 2.05) is 0 Å². The van der Waals surface area contributed by atoms with Crippen molar-refractivity contribution < 1.29 is 0 Å². The van der Waals surface area contributed by atoms with Crippen molar-refractivity contribution in [1.29, 1.82) is 0 Å². The topological polar surface area (TPSA) is 3.24 Å².